The molecule has 21 heavy (non-hydrogen) atoms. The van der Waals surface area contributed by atoms with Gasteiger partial charge in [-0.2, -0.15) is 13.2 Å². The fraction of sp³-hybridized carbons (Fsp3) is 0.143. The van der Waals surface area contributed by atoms with Gasteiger partial charge in [-0.25, -0.2) is 0 Å². The highest BCUT2D eigenvalue weighted by atomic mass is 35.5. The summed E-state index contributed by atoms with van der Waals surface area (Å²) in [6, 6.07) is 8.10. The molecule has 0 aliphatic rings. The summed E-state index contributed by atoms with van der Waals surface area (Å²) >= 11 is 17.6. The van der Waals surface area contributed by atoms with E-state index < -0.39 is 11.7 Å². The number of rotatable bonds is 3. The zero-order chi connectivity index (χ0) is 15.6. The second kappa shape index (κ2) is 6.34. The maximum absolute atomic E-state index is 12.7. The average Bonchev–Trinajstić information content (AvgIpc) is 2.40. The number of anilines is 1. The van der Waals surface area contributed by atoms with Gasteiger partial charge < -0.3 is 5.32 Å². The van der Waals surface area contributed by atoms with Crippen LogP contribution in [-0.4, -0.2) is 0 Å². The first-order valence-corrected chi connectivity index (χ1v) is 6.95. The zero-order valence-electron chi connectivity index (χ0n) is 10.4. The van der Waals surface area contributed by atoms with Crippen LogP contribution in [0.2, 0.25) is 15.1 Å². The number of benzene rings is 2. The van der Waals surface area contributed by atoms with Crippen molar-refractivity contribution in [3.63, 3.8) is 0 Å². The number of hydrogen-bond acceptors (Lipinski definition) is 1. The highest BCUT2D eigenvalue weighted by Gasteiger charge is 2.30. The van der Waals surface area contributed by atoms with Crippen LogP contribution in [0.3, 0.4) is 0 Å². The molecule has 1 N–H and O–H groups in total. The summed E-state index contributed by atoms with van der Waals surface area (Å²) in [6.07, 6.45) is -4.41. The van der Waals surface area contributed by atoms with Crippen LogP contribution >= 0.6 is 34.8 Å². The van der Waals surface area contributed by atoms with Gasteiger partial charge in [-0.05, 0) is 35.9 Å². The maximum atomic E-state index is 12.7. The summed E-state index contributed by atoms with van der Waals surface area (Å²) in [4.78, 5) is 0. The van der Waals surface area contributed by atoms with Gasteiger partial charge in [0.25, 0.3) is 0 Å². The topological polar surface area (TPSA) is 12.0 Å². The molecular formula is C14H9Cl3F3N. The van der Waals surface area contributed by atoms with Gasteiger partial charge in [-0.1, -0.05) is 40.9 Å². The molecule has 0 saturated carbocycles. The Morgan fingerprint density at radius 1 is 0.857 bits per heavy atom. The molecule has 0 spiro atoms. The quantitative estimate of drug-likeness (QED) is 0.684. The third kappa shape index (κ3) is 4.19. The summed E-state index contributed by atoms with van der Waals surface area (Å²) in [7, 11) is 0. The van der Waals surface area contributed by atoms with Crippen LogP contribution in [0.15, 0.2) is 36.4 Å². The van der Waals surface area contributed by atoms with Gasteiger partial charge in [0.2, 0.25) is 0 Å². The third-order valence-corrected chi connectivity index (χ3v) is 3.83. The summed E-state index contributed by atoms with van der Waals surface area (Å²) in [6.45, 7) is 0.276. The second-order valence-electron chi connectivity index (χ2n) is 4.29. The van der Waals surface area contributed by atoms with E-state index in [-0.39, 0.29) is 17.3 Å². The van der Waals surface area contributed by atoms with Gasteiger partial charge in [0, 0.05) is 6.54 Å². The molecule has 0 heterocycles. The molecule has 2 aromatic carbocycles. The van der Waals surface area contributed by atoms with Gasteiger partial charge in [0.05, 0.1) is 26.3 Å². The van der Waals surface area contributed by atoms with Gasteiger partial charge in [-0.3, -0.25) is 0 Å². The zero-order valence-corrected chi connectivity index (χ0v) is 12.7. The fourth-order valence-corrected chi connectivity index (χ4v) is 2.19. The smallest absolute Gasteiger partial charge is 0.380 e. The lowest BCUT2D eigenvalue weighted by Gasteiger charge is -2.12. The van der Waals surface area contributed by atoms with Crippen LogP contribution in [0.5, 0.6) is 0 Å². The van der Waals surface area contributed by atoms with Crippen LogP contribution in [0.25, 0.3) is 0 Å². The molecule has 0 unspecified atom stereocenters. The van der Waals surface area contributed by atoms with Crippen LogP contribution in [-0.2, 0) is 12.7 Å². The molecule has 7 heteroatoms. The second-order valence-corrected chi connectivity index (χ2v) is 5.52. The van der Waals surface area contributed by atoms with Crippen molar-refractivity contribution in [2.75, 3.05) is 5.32 Å². The molecule has 2 aromatic rings. The lowest BCUT2D eigenvalue weighted by Crippen LogP contribution is -2.07. The minimum absolute atomic E-state index is 0.206. The van der Waals surface area contributed by atoms with Crippen molar-refractivity contribution in [2.24, 2.45) is 0 Å². The van der Waals surface area contributed by atoms with Crippen molar-refractivity contribution in [2.45, 2.75) is 12.7 Å². The largest absolute Gasteiger partial charge is 0.416 e. The first-order valence-electron chi connectivity index (χ1n) is 5.82. The van der Waals surface area contributed by atoms with E-state index in [1.165, 1.54) is 6.07 Å². The van der Waals surface area contributed by atoms with E-state index in [0.29, 0.717) is 10.0 Å². The van der Waals surface area contributed by atoms with Crippen molar-refractivity contribution in [3.8, 4) is 0 Å². The van der Waals surface area contributed by atoms with Crippen LogP contribution in [0, 0.1) is 0 Å². The minimum atomic E-state index is -4.41. The first kappa shape index (κ1) is 16.3. The van der Waals surface area contributed by atoms with Gasteiger partial charge in [0.15, 0.2) is 0 Å². The van der Waals surface area contributed by atoms with Crippen molar-refractivity contribution >= 4 is 40.5 Å². The Kier molecular flexibility index (Phi) is 4.91. The Hall–Kier alpha value is -1.10. The van der Waals surface area contributed by atoms with Crippen LogP contribution < -0.4 is 5.32 Å². The fourth-order valence-electron chi connectivity index (χ4n) is 1.68. The maximum Gasteiger partial charge on any atom is 0.416 e. The van der Waals surface area contributed by atoms with Crippen molar-refractivity contribution in [1.82, 2.24) is 0 Å². The van der Waals surface area contributed by atoms with E-state index in [0.717, 1.165) is 17.7 Å². The average molecular weight is 355 g/mol. The minimum Gasteiger partial charge on any atom is -0.380 e. The Morgan fingerprint density at radius 3 is 2.14 bits per heavy atom. The Balaban J connectivity index is 2.17. The molecule has 0 fully saturated rings. The van der Waals surface area contributed by atoms with Crippen molar-refractivity contribution in [1.29, 1.82) is 0 Å². The number of alkyl halides is 3. The molecule has 1 nitrogen and oxygen atoms in total. The van der Waals surface area contributed by atoms with Gasteiger partial charge >= 0.3 is 6.18 Å². The Labute approximate surface area is 134 Å². The van der Waals surface area contributed by atoms with Crippen LogP contribution in [0.1, 0.15) is 11.1 Å². The van der Waals surface area contributed by atoms with Crippen LogP contribution in [0.4, 0.5) is 18.9 Å². The molecular weight excluding hydrogens is 346 g/mol. The molecule has 0 saturated heterocycles. The number of hydrogen-bond donors (Lipinski definition) is 1. The lowest BCUT2D eigenvalue weighted by molar-refractivity contribution is -0.137. The molecule has 0 aliphatic carbocycles. The summed E-state index contributed by atoms with van der Waals surface area (Å²) in [5, 5.41) is 3.86. The predicted octanol–water partition coefficient (Wildman–Crippen LogP) is 6.28. The van der Waals surface area contributed by atoms with Gasteiger partial charge in [0.1, 0.15) is 0 Å². The molecule has 0 bridgehead atoms. The van der Waals surface area contributed by atoms with Gasteiger partial charge in [-0.15, -0.1) is 0 Å². The highest BCUT2D eigenvalue weighted by molar-refractivity contribution is 6.42. The number of nitrogens with one attached hydrogen (secondary N) is 1. The van der Waals surface area contributed by atoms with E-state index >= 15 is 0 Å². The van der Waals surface area contributed by atoms with E-state index in [1.54, 1.807) is 18.2 Å². The monoisotopic (exact) mass is 353 g/mol. The molecule has 112 valence electrons. The molecule has 2 rings (SSSR count). The molecule has 0 atom stereocenters. The van der Waals surface area contributed by atoms with E-state index in [4.69, 9.17) is 34.8 Å². The Morgan fingerprint density at radius 2 is 1.52 bits per heavy atom. The molecule has 0 aromatic heterocycles. The van der Waals surface area contributed by atoms with E-state index in [9.17, 15) is 13.2 Å². The van der Waals surface area contributed by atoms with E-state index in [2.05, 4.69) is 5.32 Å². The lowest BCUT2D eigenvalue weighted by atomic mass is 10.1. The normalized spacial score (nSPS) is 11.5. The molecule has 0 radical (unpaired) electrons. The van der Waals surface area contributed by atoms with Crippen molar-refractivity contribution in [3.05, 3.63) is 62.6 Å². The highest BCUT2D eigenvalue weighted by Crippen LogP contribution is 2.34. The number of halogens is 6. The molecule has 0 aliphatic heterocycles. The summed E-state index contributed by atoms with van der Waals surface area (Å²) in [5.41, 5.74) is 0.221. The van der Waals surface area contributed by atoms with Crippen molar-refractivity contribution < 1.29 is 13.2 Å². The Bertz CT molecular complexity index is 656. The first-order chi connectivity index (χ1) is 9.77. The third-order valence-electron chi connectivity index (χ3n) is 2.76. The SMILES string of the molecule is FC(F)(F)c1ccc(Cl)c(NCc2ccc(Cl)c(Cl)c2)c1. The predicted molar refractivity (Wildman–Crippen MR) is 80.2 cm³/mol. The summed E-state index contributed by atoms with van der Waals surface area (Å²) < 4.78 is 38.0. The van der Waals surface area contributed by atoms with E-state index in [1.807, 2.05) is 0 Å². The standard InChI is InChI=1S/C14H9Cl3F3N/c15-10-3-1-8(5-12(10)17)7-21-13-6-9(14(18,19)20)2-4-11(13)16/h1-6,21H,7H2. The molecule has 0 amide bonds. The summed E-state index contributed by atoms with van der Waals surface area (Å²) in [5.74, 6) is 0.